The van der Waals surface area contributed by atoms with Gasteiger partial charge in [-0.3, -0.25) is 4.79 Å². The van der Waals surface area contributed by atoms with Crippen LogP contribution in [0.3, 0.4) is 0 Å². The molecule has 23 heavy (non-hydrogen) atoms. The predicted molar refractivity (Wildman–Crippen MR) is 96.2 cm³/mol. The molecule has 1 aliphatic carbocycles. The molecule has 2 atom stereocenters. The van der Waals surface area contributed by atoms with E-state index in [-0.39, 0.29) is 11.8 Å². The highest BCUT2D eigenvalue weighted by molar-refractivity contribution is 6.30. The Hall–Kier alpha value is -1.31. The van der Waals surface area contributed by atoms with E-state index in [1.165, 1.54) is 11.1 Å². The summed E-state index contributed by atoms with van der Waals surface area (Å²) in [5.74, 6) is 0.700. The molecule has 0 spiro atoms. The molecule has 2 aromatic rings. The fraction of sp³-hybridized carbons (Fsp3) is 0.350. The van der Waals surface area contributed by atoms with Crippen molar-refractivity contribution in [2.75, 3.05) is 0 Å². The van der Waals surface area contributed by atoms with E-state index < -0.39 is 0 Å². The lowest BCUT2D eigenvalue weighted by Crippen LogP contribution is -2.31. The molecule has 0 aliphatic heterocycles. The second-order valence-corrected chi connectivity index (χ2v) is 7.26. The van der Waals surface area contributed by atoms with Crippen molar-refractivity contribution in [2.45, 2.75) is 32.1 Å². The van der Waals surface area contributed by atoms with Gasteiger partial charge in [0.25, 0.3) is 0 Å². The van der Waals surface area contributed by atoms with Gasteiger partial charge in [-0.15, -0.1) is 0 Å². The minimum absolute atomic E-state index is 0.141. The summed E-state index contributed by atoms with van der Waals surface area (Å²) in [6.07, 6.45) is 4.78. The molecule has 0 bridgehead atoms. The quantitative estimate of drug-likeness (QED) is 0.687. The van der Waals surface area contributed by atoms with E-state index in [1.54, 1.807) is 0 Å². The van der Waals surface area contributed by atoms with E-state index in [0.29, 0.717) is 5.78 Å². The number of rotatable bonds is 4. The zero-order valence-corrected chi connectivity index (χ0v) is 14.5. The number of halogens is 2. The summed E-state index contributed by atoms with van der Waals surface area (Å²) in [5.41, 5.74) is 2.39. The summed E-state index contributed by atoms with van der Waals surface area (Å²) in [7, 11) is 0. The Morgan fingerprint density at radius 1 is 0.739 bits per heavy atom. The van der Waals surface area contributed by atoms with Gasteiger partial charge in [0, 0.05) is 21.9 Å². The van der Waals surface area contributed by atoms with Gasteiger partial charge >= 0.3 is 0 Å². The summed E-state index contributed by atoms with van der Waals surface area (Å²) in [5, 5.41) is 1.48. The van der Waals surface area contributed by atoms with Crippen molar-refractivity contribution in [1.29, 1.82) is 0 Å². The van der Waals surface area contributed by atoms with Crippen LogP contribution in [0.2, 0.25) is 10.0 Å². The Kier molecular flexibility index (Phi) is 5.40. The molecule has 0 saturated heterocycles. The Morgan fingerprint density at radius 2 is 1.13 bits per heavy atom. The van der Waals surface area contributed by atoms with Crippen molar-refractivity contribution in [3.63, 3.8) is 0 Å². The van der Waals surface area contributed by atoms with Crippen LogP contribution in [0.25, 0.3) is 0 Å². The number of carbonyl (C=O) groups is 1. The minimum Gasteiger partial charge on any atom is -0.299 e. The van der Waals surface area contributed by atoms with Crippen molar-refractivity contribution in [1.82, 2.24) is 0 Å². The smallest absolute Gasteiger partial charge is 0.139 e. The molecule has 1 nitrogen and oxygen atoms in total. The van der Waals surface area contributed by atoms with Crippen LogP contribution in [0.5, 0.6) is 0 Å². The zero-order valence-electron chi connectivity index (χ0n) is 13.0. The van der Waals surface area contributed by atoms with Crippen LogP contribution in [0.4, 0.5) is 0 Å². The average molecular weight is 347 g/mol. The second kappa shape index (κ2) is 7.51. The molecule has 1 saturated carbocycles. The first-order chi connectivity index (χ1) is 11.1. The van der Waals surface area contributed by atoms with Gasteiger partial charge in [-0.1, -0.05) is 53.9 Å². The SMILES string of the molecule is O=C1C(Cc2ccc(Cl)cc2)CCCC1Cc1ccc(Cl)cc1. The topological polar surface area (TPSA) is 17.1 Å². The molecule has 0 aromatic heterocycles. The van der Waals surface area contributed by atoms with E-state index in [0.717, 1.165) is 42.1 Å². The molecule has 0 heterocycles. The molecule has 2 unspecified atom stereocenters. The standard InChI is InChI=1S/C20H20Cl2O/c21-18-8-4-14(5-9-18)12-16-2-1-3-17(20(16)23)13-15-6-10-19(22)11-7-15/h4-11,16-17H,1-3,12-13H2. The molecular formula is C20H20Cl2O. The molecule has 1 fully saturated rings. The Labute approximate surface area is 147 Å². The van der Waals surface area contributed by atoms with Crippen LogP contribution in [0, 0.1) is 11.8 Å². The fourth-order valence-corrected chi connectivity index (χ4v) is 3.70. The molecular weight excluding hydrogens is 327 g/mol. The van der Waals surface area contributed by atoms with Crippen LogP contribution < -0.4 is 0 Å². The molecule has 0 amide bonds. The molecule has 0 N–H and O–H groups in total. The van der Waals surface area contributed by atoms with Crippen molar-refractivity contribution in [3.8, 4) is 0 Å². The third-order valence-corrected chi connectivity index (χ3v) is 5.20. The molecule has 0 radical (unpaired) electrons. The van der Waals surface area contributed by atoms with Crippen LogP contribution in [0.15, 0.2) is 48.5 Å². The Bertz CT molecular complexity index is 604. The van der Waals surface area contributed by atoms with E-state index in [4.69, 9.17) is 23.2 Å². The number of ketones is 1. The summed E-state index contributed by atoms with van der Waals surface area (Å²) in [6, 6.07) is 15.7. The molecule has 1 aliphatic rings. The summed E-state index contributed by atoms with van der Waals surface area (Å²) < 4.78 is 0. The summed E-state index contributed by atoms with van der Waals surface area (Å²) in [4.78, 5) is 12.8. The zero-order chi connectivity index (χ0) is 16.2. The van der Waals surface area contributed by atoms with E-state index >= 15 is 0 Å². The Morgan fingerprint density at radius 3 is 1.52 bits per heavy atom. The van der Waals surface area contributed by atoms with Gasteiger partial charge in [0.2, 0.25) is 0 Å². The van der Waals surface area contributed by atoms with Gasteiger partial charge in [-0.2, -0.15) is 0 Å². The number of hydrogen-bond donors (Lipinski definition) is 0. The first-order valence-electron chi connectivity index (χ1n) is 8.14. The molecule has 2 aromatic carbocycles. The van der Waals surface area contributed by atoms with E-state index in [2.05, 4.69) is 0 Å². The average Bonchev–Trinajstić information content (AvgIpc) is 2.55. The highest BCUT2D eigenvalue weighted by Gasteiger charge is 2.31. The number of Topliss-reactive ketones (excluding diaryl/α,β-unsaturated/α-hetero) is 1. The fourth-order valence-electron chi connectivity index (χ4n) is 3.44. The number of benzene rings is 2. The van der Waals surface area contributed by atoms with Crippen LogP contribution in [0.1, 0.15) is 30.4 Å². The van der Waals surface area contributed by atoms with Gasteiger partial charge < -0.3 is 0 Å². The van der Waals surface area contributed by atoms with Crippen LogP contribution in [-0.4, -0.2) is 5.78 Å². The molecule has 3 heteroatoms. The van der Waals surface area contributed by atoms with Gasteiger partial charge in [0.05, 0.1) is 0 Å². The summed E-state index contributed by atoms with van der Waals surface area (Å²) >= 11 is 11.9. The normalized spacial score (nSPS) is 21.4. The summed E-state index contributed by atoms with van der Waals surface area (Å²) in [6.45, 7) is 0. The predicted octanol–water partition coefficient (Wildman–Crippen LogP) is 5.76. The minimum atomic E-state index is 0.141. The lowest BCUT2D eigenvalue weighted by atomic mass is 9.75. The van der Waals surface area contributed by atoms with Crippen molar-refractivity contribution in [2.24, 2.45) is 11.8 Å². The van der Waals surface area contributed by atoms with E-state index in [1.807, 2.05) is 48.5 Å². The second-order valence-electron chi connectivity index (χ2n) is 6.39. The van der Waals surface area contributed by atoms with Crippen LogP contribution >= 0.6 is 23.2 Å². The largest absolute Gasteiger partial charge is 0.299 e. The highest BCUT2D eigenvalue weighted by atomic mass is 35.5. The maximum Gasteiger partial charge on any atom is 0.139 e. The third-order valence-electron chi connectivity index (χ3n) is 4.70. The third kappa shape index (κ3) is 4.37. The van der Waals surface area contributed by atoms with Gasteiger partial charge in [-0.25, -0.2) is 0 Å². The van der Waals surface area contributed by atoms with Gasteiger partial charge in [0.1, 0.15) is 5.78 Å². The first-order valence-corrected chi connectivity index (χ1v) is 8.90. The molecule has 3 rings (SSSR count). The van der Waals surface area contributed by atoms with Crippen molar-refractivity contribution < 1.29 is 4.79 Å². The first kappa shape index (κ1) is 16.5. The van der Waals surface area contributed by atoms with Gasteiger partial charge in [0.15, 0.2) is 0 Å². The van der Waals surface area contributed by atoms with Gasteiger partial charge in [-0.05, 0) is 61.1 Å². The maximum absolute atomic E-state index is 12.8. The monoisotopic (exact) mass is 346 g/mol. The maximum atomic E-state index is 12.8. The van der Waals surface area contributed by atoms with Crippen molar-refractivity contribution >= 4 is 29.0 Å². The lowest BCUT2D eigenvalue weighted by Gasteiger charge is -2.28. The number of carbonyl (C=O) groups excluding carboxylic acids is 1. The Balaban J connectivity index is 1.65. The van der Waals surface area contributed by atoms with Crippen molar-refractivity contribution in [3.05, 3.63) is 69.7 Å². The van der Waals surface area contributed by atoms with Crippen LogP contribution in [-0.2, 0) is 17.6 Å². The lowest BCUT2D eigenvalue weighted by molar-refractivity contribution is -0.129. The molecule has 120 valence electrons. The number of hydrogen-bond acceptors (Lipinski definition) is 1. The van der Waals surface area contributed by atoms with E-state index in [9.17, 15) is 4.79 Å². The highest BCUT2D eigenvalue weighted by Crippen LogP contribution is 2.31.